The summed E-state index contributed by atoms with van der Waals surface area (Å²) in [5, 5.41) is 0.673. The second-order valence-corrected chi connectivity index (χ2v) is 6.26. The van der Waals surface area contributed by atoms with Gasteiger partial charge in [0.05, 0.1) is 5.41 Å². The molecule has 0 bridgehead atoms. The molecule has 1 aromatic carbocycles. The van der Waals surface area contributed by atoms with E-state index in [0.717, 1.165) is 44.3 Å². The van der Waals surface area contributed by atoms with Crippen molar-refractivity contribution in [3.63, 3.8) is 0 Å². The zero-order chi connectivity index (χ0) is 13.5. The molecular weight excluding hydrogens is 260 g/mol. The van der Waals surface area contributed by atoms with Gasteiger partial charge < -0.3 is 10.6 Å². The van der Waals surface area contributed by atoms with Crippen molar-refractivity contribution in [2.45, 2.75) is 38.1 Å². The molecule has 2 atom stereocenters. The van der Waals surface area contributed by atoms with Crippen LogP contribution in [0.1, 0.15) is 32.1 Å². The summed E-state index contributed by atoms with van der Waals surface area (Å²) in [5.74, 6) is 0.241. The number of rotatable bonds is 1. The lowest BCUT2D eigenvalue weighted by Gasteiger charge is -2.35. The Morgan fingerprint density at radius 2 is 2.21 bits per heavy atom. The first-order valence-corrected chi connectivity index (χ1v) is 7.32. The number of halogens is 1. The normalized spacial score (nSPS) is 31.2. The number of hydrogen-bond acceptors (Lipinski definition) is 2. The molecule has 4 heteroatoms. The highest BCUT2D eigenvalue weighted by Crippen LogP contribution is 2.45. The van der Waals surface area contributed by atoms with E-state index in [-0.39, 0.29) is 17.4 Å². The molecule has 0 unspecified atom stereocenters. The number of anilines is 1. The first-order chi connectivity index (χ1) is 9.11. The zero-order valence-corrected chi connectivity index (χ0v) is 11.7. The summed E-state index contributed by atoms with van der Waals surface area (Å²) in [5.41, 5.74) is 6.77. The van der Waals surface area contributed by atoms with Crippen LogP contribution in [0.15, 0.2) is 24.3 Å². The SMILES string of the molecule is N[C@@H]1CCC[C@@]2(CCN(c3cccc(Cl)c3)C2=O)C1. The van der Waals surface area contributed by atoms with Gasteiger partial charge in [-0.3, -0.25) is 4.79 Å². The minimum Gasteiger partial charge on any atom is -0.328 e. The fraction of sp³-hybridized carbons (Fsp3) is 0.533. The standard InChI is InChI=1S/C15H19ClN2O/c16-11-3-1-5-13(9-11)18-8-7-15(14(18)19)6-2-4-12(17)10-15/h1,3,5,9,12H,2,4,6-8,10,17H2/t12-,15-/m1/s1. The lowest BCUT2D eigenvalue weighted by molar-refractivity contribution is -0.127. The van der Waals surface area contributed by atoms with Crippen LogP contribution in [-0.2, 0) is 4.79 Å². The van der Waals surface area contributed by atoms with Crippen LogP contribution in [0.2, 0.25) is 5.02 Å². The highest BCUT2D eigenvalue weighted by Gasteiger charge is 2.48. The minimum absolute atomic E-state index is 0.178. The average Bonchev–Trinajstić information content (AvgIpc) is 2.67. The smallest absolute Gasteiger partial charge is 0.233 e. The molecule has 0 radical (unpaired) electrons. The maximum atomic E-state index is 12.8. The van der Waals surface area contributed by atoms with Crippen molar-refractivity contribution >= 4 is 23.2 Å². The number of nitrogens with two attached hydrogens (primary N) is 1. The molecule has 1 aromatic rings. The molecule has 1 heterocycles. The van der Waals surface area contributed by atoms with E-state index in [9.17, 15) is 4.79 Å². The lowest BCUT2D eigenvalue weighted by Crippen LogP contribution is -2.42. The number of hydrogen-bond donors (Lipinski definition) is 1. The van der Waals surface area contributed by atoms with Gasteiger partial charge in [0.2, 0.25) is 5.91 Å². The van der Waals surface area contributed by atoms with E-state index in [1.54, 1.807) is 0 Å². The van der Waals surface area contributed by atoms with Gasteiger partial charge in [0.25, 0.3) is 0 Å². The van der Waals surface area contributed by atoms with Crippen molar-refractivity contribution in [3.8, 4) is 0 Å². The Labute approximate surface area is 118 Å². The maximum absolute atomic E-state index is 12.8. The summed E-state index contributed by atoms with van der Waals surface area (Å²) >= 11 is 6.01. The molecule has 2 fully saturated rings. The minimum atomic E-state index is -0.208. The fourth-order valence-electron chi connectivity index (χ4n) is 3.54. The second-order valence-electron chi connectivity index (χ2n) is 5.82. The Morgan fingerprint density at radius 1 is 1.37 bits per heavy atom. The molecule has 1 saturated heterocycles. The third-order valence-electron chi connectivity index (χ3n) is 4.52. The van der Waals surface area contributed by atoms with Gasteiger partial charge in [-0.05, 0) is 43.9 Å². The molecule has 1 saturated carbocycles. The monoisotopic (exact) mass is 278 g/mol. The third-order valence-corrected chi connectivity index (χ3v) is 4.75. The molecule has 1 aliphatic heterocycles. The van der Waals surface area contributed by atoms with E-state index < -0.39 is 0 Å². The summed E-state index contributed by atoms with van der Waals surface area (Å²) in [6.07, 6.45) is 4.86. The van der Waals surface area contributed by atoms with Crippen LogP contribution in [0, 0.1) is 5.41 Å². The molecule has 1 aliphatic carbocycles. The summed E-state index contributed by atoms with van der Waals surface area (Å²) < 4.78 is 0. The van der Waals surface area contributed by atoms with Crippen molar-refractivity contribution in [1.29, 1.82) is 0 Å². The topological polar surface area (TPSA) is 46.3 Å². The van der Waals surface area contributed by atoms with E-state index in [2.05, 4.69) is 0 Å². The van der Waals surface area contributed by atoms with Gasteiger partial charge in [0.15, 0.2) is 0 Å². The Kier molecular flexibility index (Phi) is 3.27. The second kappa shape index (κ2) is 4.80. The number of carbonyl (C=O) groups is 1. The number of nitrogens with zero attached hydrogens (tertiary/aromatic N) is 1. The molecule has 102 valence electrons. The Morgan fingerprint density at radius 3 is 2.95 bits per heavy atom. The van der Waals surface area contributed by atoms with Crippen molar-refractivity contribution in [1.82, 2.24) is 0 Å². The molecule has 1 spiro atoms. The number of carbonyl (C=O) groups excluding carboxylic acids is 1. The van der Waals surface area contributed by atoms with E-state index in [1.807, 2.05) is 29.2 Å². The van der Waals surface area contributed by atoms with E-state index in [1.165, 1.54) is 0 Å². The zero-order valence-electron chi connectivity index (χ0n) is 10.9. The quantitative estimate of drug-likeness (QED) is 0.858. The van der Waals surface area contributed by atoms with Crippen LogP contribution in [0.4, 0.5) is 5.69 Å². The van der Waals surface area contributed by atoms with Gasteiger partial charge >= 0.3 is 0 Å². The Hall–Kier alpha value is -1.06. The number of benzene rings is 1. The predicted molar refractivity (Wildman–Crippen MR) is 77.3 cm³/mol. The summed E-state index contributed by atoms with van der Waals surface area (Å²) in [6, 6.07) is 7.71. The van der Waals surface area contributed by atoms with Gasteiger partial charge in [-0.15, -0.1) is 0 Å². The van der Waals surface area contributed by atoms with Gasteiger partial charge in [-0.1, -0.05) is 24.1 Å². The van der Waals surface area contributed by atoms with Crippen LogP contribution < -0.4 is 10.6 Å². The molecule has 2 aliphatic rings. The van der Waals surface area contributed by atoms with Crippen molar-refractivity contribution < 1.29 is 4.79 Å². The van der Waals surface area contributed by atoms with Crippen LogP contribution in [0.5, 0.6) is 0 Å². The first kappa shape index (κ1) is 12.9. The summed E-state index contributed by atoms with van der Waals surface area (Å²) in [6.45, 7) is 0.784. The molecule has 3 nitrogen and oxygen atoms in total. The van der Waals surface area contributed by atoms with Gasteiger partial charge in [-0.2, -0.15) is 0 Å². The van der Waals surface area contributed by atoms with Gasteiger partial charge in [0.1, 0.15) is 0 Å². The average molecular weight is 279 g/mol. The van der Waals surface area contributed by atoms with Crippen molar-refractivity contribution in [2.75, 3.05) is 11.4 Å². The van der Waals surface area contributed by atoms with E-state index >= 15 is 0 Å². The van der Waals surface area contributed by atoms with Gasteiger partial charge in [0, 0.05) is 23.3 Å². The molecule has 1 amide bonds. The van der Waals surface area contributed by atoms with Crippen LogP contribution in [-0.4, -0.2) is 18.5 Å². The lowest BCUT2D eigenvalue weighted by atomic mass is 9.71. The van der Waals surface area contributed by atoms with E-state index in [4.69, 9.17) is 17.3 Å². The highest BCUT2D eigenvalue weighted by molar-refractivity contribution is 6.31. The summed E-state index contributed by atoms with van der Waals surface area (Å²) in [4.78, 5) is 14.6. The van der Waals surface area contributed by atoms with Crippen molar-refractivity contribution in [3.05, 3.63) is 29.3 Å². The Bertz CT molecular complexity index is 505. The predicted octanol–water partition coefficient (Wildman–Crippen LogP) is 2.96. The molecule has 19 heavy (non-hydrogen) atoms. The van der Waals surface area contributed by atoms with Crippen LogP contribution in [0.3, 0.4) is 0 Å². The Balaban J connectivity index is 1.86. The largest absolute Gasteiger partial charge is 0.328 e. The molecule has 0 aromatic heterocycles. The molecule has 3 rings (SSSR count). The maximum Gasteiger partial charge on any atom is 0.233 e. The third kappa shape index (κ3) is 2.26. The first-order valence-electron chi connectivity index (χ1n) is 6.94. The fourth-order valence-corrected chi connectivity index (χ4v) is 3.73. The number of amides is 1. The molecule has 2 N–H and O–H groups in total. The van der Waals surface area contributed by atoms with Crippen LogP contribution in [0.25, 0.3) is 0 Å². The van der Waals surface area contributed by atoms with Gasteiger partial charge in [-0.25, -0.2) is 0 Å². The van der Waals surface area contributed by atoms with E-state index in [0.29, 0.717) is 5.02 Å². The van der Waals surface area contributed by atoms with Crippen LogP contribution >= 0.6 is 11.6 Å². The molecular formula is C15H19ClN2O. The summed E-state index contributed by atoms with van der Waals surface area (Å²) in [7, 11) is 0. The van der Waals surface area contributed by atoms with Crippen molar-refractivity contribution in [2.24, 2.45) is 11.1 Å². The highest BCUT2D eigenvalue weighted by atomic mass is 35.5.